The summed E-state index contributed by atoms with van der Waals surface area (Å²) >= 11 is 0. The lowest BCUT2D eigenvalue weighted by molar-refractivity contribution is -0.115. The average molecular weight is 447 g/mol. The van der Waals surface area contributed by atoms with Crippen LogP contribution in [0.15, 0.2) is 23.8 Å². The predicted octanol–water partition coefficient (Wildman–Crippen LogP) is 5.03. The zero-order chi connectivity index (χ0) is 23.7. The molecule has 0 spiro atoms. The maximum Gasteiger partial charge on any atom is 0.260 e. The second kappa shape index (κ2) is 9.22. The van der Waals surface area contributed by atoms with Crippen molar-refractivity contribution in [2.24, 2.45) is 0 Å². The van der Waals surface area contributed by atoms with Gasteiger partial charge in [-0.05, 0) is 106 Å². The first kappa shape index (κ1) is 24.6. The highest BCUT2D eigenvalue weighted by molar-refractivity contribution is 7.89. The Morgan fingerprint density at radius 3 is 2.03 bits per heavy atom. The fraction of sp³-hybridized carbons (Fsp3) is 0.375. The lowest BCUT2D eigenvalue weighted by Gasteiger charge is -2.21. The summed E-state index contributed by atoms with van der Waals surface area (Å²) in [5.74, 6) is -0.970. The minimum atomic E-state index is -3.64. The summed E-state index contributed by atoms with van der Waals surface area (Å²) in [7, 11) is -3.64. The molecular formula is C24H31FN2O3S. The molecule has 0 aliphatic rings. The fourth-order valence-electron chi connectivity index (χ4n) is 3.63. The molecule has 0 bridgehead atoms. The smallest absolute Gasteiger partial charge is 0.260 e. The molecule has 0 saturated heterocycles. The van der Waals surface area contributed by atoms with Gasteiger partial charge in [-0.25, -0.2) is 17.5 Å². The molecule has 0 fully saturated rings. The summed E-state index contributed by atoms with van der Waals surface area (Å²) in [6, 6.07) is 5.36. The van der Waals surface area contributed by atoms with Gasteiger partial charge in [0.1, 0.15) is 5.82 Å². The number of carbonyl (C=O) groups excluding carboxylic acids is 1. The van der Waals surface area contributed by atoms with E-state index in [2.05, 4.69) is 5.32 Å². The zero-order valence-electron chi connectivity index (χ0n) is 19.4. The van der Waals surface area contributed by atoms with Gasteiger partial charge in [0.25, 0.3) is 5.91 Å². The molecule has 0 radical (unpaired) electrons. The standard InChI is InChI=1S/C24H31FN2O3S/c1-13(2)26-19-9-10-20(22(25)12-19)23-17(6)15(4)21(16(5)18(23)7)11-14(3)24(28)27-31(8,29)30/h9-13,26H,1-8H3,(H,27,28). The molecule has 5 nitrogen and oxygen atoms in total. The van der Waals surface area contributed by atoms with Gasteiger partial charge in [0.15, 0.2) is 0 Å². The fourth-order valence-corrected chi connectivity index (χ4v) is 4.13. The van der Waals surface area contributed by atoms with Crippen molar-refractivity contribution in [1.82, 2.24) is 4.72 Å². The van der Waals surface area contributed by atoms with Gasteiger partial charge >= 0.3 is 0 Å². The molecule has 2 aromatic carbocycles. The van der Waals surface area contributed by atoms with Crippen molar-refractivity contribution >= 4 is 27.7 Å². The van der Waals surface area contributed by atoms with Crippen LogP contribution in [0.5, 0.6) is 0 Å². The average Bonchev–Trinajstić information content (AvgIpc) is 2.63. The summed E-state index contributed by atoms with van der Waals surface area (Å²) < 4.78 is 39.7. The van der Waals surface area contributed by atoms with Crippen LogP contribution in [-0.4, -0.2) is 26.6 Å². The van der Waals surface area contributed by atoms with E-state index in [9.17, 15) is 13.2 Å². The molecule has 2 rings (SSSR count). The molecule has 0 aromatic heterocycles. The molecule has 2 aromatic rings. The SMILES string of the molecule is CC(=Cc1c(C)c(C)c(-c2ccc(NC(C)C)cc2F)c(C)c1C)C(=O)NS(C)(=O)=O. The van der Waals surface area contributed by atoms with Crippen molar-refractivity contribution in [2.45, 2.75) is 54.5 Å². The largest absolute Gasteiger partial charge is 0.383 e. The van der Waals surface area contributed by atoms with Crippen LogP contribution in [0.25, 0.3) is 17.2 Å². The van der Waals surface area contributed by atoms with Gasteiger partial charge in [0.05, 0.1) is 6.26 Å². The first-order valence-corrected chi connectivity index (χ1v) is 12.0. The maximum atomic E-state index is 15.0. The zero-order valence-corrected chi connectivity index (χ0v) is 20.2. The number of rotatable bonds is 6. The Bertz CT molecular complexity index is 1140. The number of hydrogen-bond donors (Lipinski definition) is 2. The van der Waals surface area contributed by atoms with Crippen molar-refractivity contribution in [3.63, 3.8) is 0 Å². The Labute approximate surface area is 184 Å². The van der Waals surface area contributed by atoms with E-state index in [-0.39, 0.29) is 17.4 Å². The lowest BCUT2D eigenvalue weighted by atomic mass is 9.85. The molecule has 31 heavy (non-hydrogen) atoms. The van der Waals surface area contributed by atoms with Crippen molar-refractivity contribution in [3.8, 4) is 11.1 Å². The van der Waals surface area contributed by atoms with E-state index >= 15 is 4.39 Å². The maximum absolute atomic E-state index is 15.0. The highest BCUT2D eigenvalue weighted by Crippen LogP contribution is 2.37. The van der Waals surface area contributed by atoms with Crippen LogP contribution in [0.1, 0.15) is 48.6 Å². The van der Waals surface area contributed by atoms with Crippen molar-refractivity contribution in [1.29, 1.82) is 0 Å². The number of benzene rings is 2. The third kappa shape index (κ3) is 5.73. The van der Waals surface area contributed by atoms with Gasteiger partial charge in [-0.3, -0.25) is 4.79 Å². The second-order valence-corrected chi connectivity index (χ2v) is 10.1. The summed E-state index contributed by atoms with van der Waals surface area (Å²) in [5, 5.41) is 3.21. The minimum absolute atomic E-state index is 0.201. The number of halogens is 1. The van der Waals surface area contributed by atoms with Crippen LogP contribution in [0, 0.1) is 33.5 Å². The Balaban J connectivity index is 2.59. The Hall–Kier alpha value is -2.67. The third-order valence-corrected chi connectivity index (χ3v) is 5.93. The van der Waals surface area contributed by atoms with Crippen LogP contribution in [0.4, 0.5) is 10.1 Å². The molecule has 0 aliphatic heterocycles. The lowest BCUT2D eigenvalue weighted by Crippen LogP contribution is -2.29. The Morgan fingerprint density at radius 1 is 1.03 bits per heavy atom. The molecular weight excluding hydrogens is 415 g/mol. The van der Waals surface area contributed by atoms with Gasteiger partial charge in [0.2, 0.25) is 10.0 Å². The number of anilines is 1. The van der Waals surface area contributed by atoms with E-state index in [1.54, 1.807) is 19.1 Å². The number of amides is 1. The monoisotopic (exact) mass is 446 g/mol. The topological polar surface area (TPSA) is 75.3 Å². The molecule has 7 heteroatoms. The Kier molecular flexibility index (Phi) is 7.32. The predicted molar refractivity (Wildman–Crippen MR) is 126 cm³/mol. The van der Waals surface area contributed by atoms with E-state index < -0.39 is 15.9 Å². The Morgan fingerprint density at radius 2 is 1.58 bits per heavy atom. The molecule has 0 heterocycles. The van der Waals surface area contributed by atoms with Gasteiger partial charge in [-0.1, -0.05) is 0 Å². The van der Waals surface area contributed by atoms with E-state index in [0.717, 1.165) is 45.3 Å². The van der Waals surface area contributed by atoms with E-state index in [1.807, 2.05) is 52.3 Å². The van der Waals surface area contributed by atoms with Crippen molar-refractivity contribution < 1.29 is 17.6 Å². The van der Waals surface area contributed by atoms with Crippen LogP contribution in [-0.2, 0) is 14.8 Å². The highest BCUT2D eigenvalue weighted by Gasteiger charge is 2.19. The first-order chi connectivity index (χ1) is 14.2. The number of nitrogens with one attached hydrogen (secondary N) is 2. The summed E-state index contributed by atoms with van der Waals surface area (Å²) in [6.07, 6.45) is 2.62. The number of hydrogen-bond acceptors (Lipinski definition) is 4. The minimum Gasteiger partial charge on any atom is -0.383 e. The van der Waals surface area contributed by atoms with E-state index in [4.69, 9.17) is 0 Å². The van der Waals surface area contributed by atoms with Crippen molar-refractivity contribution in [2.75, 3.05) is 11.6 Å². The van der Waals surface area contributed by atoms with Gasteiger partial charge < -0.3 is 5.32 Å². The third-order valence-electron chi connectivity index (χ3n) is 5.37. The van der Waals surface area contributed by atoms with E-state index in [0.29, 0.717) is 5.56 Å². The summed E-state index contributed by atoms with van der Waals surface area (Å²) in [5.41, 5.74) is 6.84. The molecule has 0 atom stereocenters. The van der Waals surface area contributed by atoms with Gasteiger partial charge in [0, 0.05) is 22.9 Å². The highest BCUT2D eigenvalue weighted by atomic mass is 32.2. The second-order valence-electron chi connectivity index (χ2n) is 8.31. The van der Waals surface area contributed by atoms with E-state index in [1.165, 1.54) is 6.07 Å². The van der Waals surface area contributed by atoms with Crippen LogP contribution >= 0.6 is 0 Å². The molecule has 1 amide bonds. The molecule has 168 valence electrons. The van der Waals surface area contributed by atoms with Gasteiger partial charge in [-0.2, -0.15) is 0 Å². The van der Waals surface area contributed by atoms with Crippen LogP contribution < -0.4 is 10.0 Å². The van der Waals surface area contributed by atoms with Crippen LogP contribution in [0.2, 0.25) is 0 Å². The molecule has 2 N–H and O–H groups in total. The number of carbonyl (C=O) groups is 1. The molecule has 0 unspecified atom stereocenters. The summed E-state index contributed by atoms with van der Waals surface area (Å²) in [6.45, 7) is 13.3. The van der Waals surface area contributed by atoms with Gasteiger partial charge in [-0.15, -0.1) is 0 Å². The molecule has 0 saturated carbocycles. The van der Waals surface area contributed by atoms with Crippen LogP contribution in [0.3, 0.4) is 0 Å². The summed E-state index contributed by atoms with van der Waals surface area (Å²) in [4.78, 5) is 12.2. The molecule has 0 aliphatic carbocycles. The number of sulfonamides is 1. The quantitative estimate of drug-likeness (QED) is 0.611. The normalized spacial score (nSPS) is 12.3. The van der Waals surface area contributed by atoms with Crippen molar-refractivity contribution in [3.05, 3.63) is 57.4 Å². The first-order valence-electron chi connectivity index (χ1n) is 10.1.